The number of carbonyl (C=O) groups excluding carboxylic acids is 1. The highest BCUT2D eigenvalue weighted by Gasteiger charge is 2.13. The van der Waals surface area contributed by atoms with E-state index in [0.717, 1.165) is 0 Å². The molecule has 0 radical (unpaired) electrons. The van der Waals surface area contributed by atoms with E-state index in [-0.39, 0.29) is 11.4 Å². The molecule has 0 saturated heterocycles. The van der Waals surface area contributed by atoms with E-state index >= 15 is 0 Å². The molecule has 1 amide bonds. The second-order valence-corrected chi connectivity index (χ2v) is 3.75. The van der Waals surface area contributed by atoms with Gasteiger partial charge in [-0.05, 0) is 0 Å². The zero-order valence-corrected chi connectivity index (χ0v) is 9.44. The minimum absolute atomic E-state index is 0.0407. The van der Waals surface area contributed by atoms with Crippen molar-refractivity contribution in [3.63, 3.8) is 0 Å². The van der Waals surface area contributed by atoms with Crippen LogP contribution in [-0.4, -0.2) is 35.3 Å². The lowest BCUT2D eigenvalue weighted by Gasteiger charge is -1.99. The van der Waals surface area contributed by atoms with Crippen LogP contribution in [0.15, 0.2) is 23.4 Å². The van der Waals surface area contributed by atoms with E-state index in [1.165, 1.54) is 27.7 Å². The molecule has 3 heterocycles. The maximum atomic E-state index is 11.3. The van der Waals surface area contributed by atoms with E-state index in [9.17, 15) is 9.59 Å². The number of amides is 1. The Hall–Kier alpha value is -3.17. The van der Waals surface area contributed by atoms with Gasteiger partial charge in [-0.3, -0.25) is 4.79 Å². The third-order valence-corrected chi connectivity index (χ3v) is 2.51. The molecule has 0 bridgehead atoms. The molecule has 0 aliphatic heterocycles. The average Bonchev–Trinajstić information content (AvgIpc) is 2.93. The number of rotatable bonds is 2. The first-order chi connectivity index (χ1) is 9.06. The highest BCUT2D eigenvalue weighted by Crippen LogP contribution is 2.12. The number of fused-ring (bicyclic) bond motifs is 1. The Morgan fingerprint density at radius 1 is 1.42 bits per heavy atom. The zero-order valence-electron chi connectivity index (χ0n) is 9.44. The first-order valence-corrected chi connectivity index (χ1v) is 5.14. The topological polar surface area (TPSA) is 150 Å². The van der Waals surface area contributed by atoms with Crippen LogP contribution in [0.4, 0.5) is 5.69 Å². The Morgan fingerprint density at radius 3 is 2.89 bits per heavy atom. The summed E-state index contributed by atoms with van der Waals surface area (Å²) < 4.78 is 2.51. The Balaban J connectivity index is 2.16. The standard InChI is InChI=1S/C9H8N8O2/c10-4-2-17(15-7(4)8(11)18)5-1-6-13-14-9(19)16(6)3-12-5/h1-3H,10H2,(H2,11,18)(H,14,19). The van der Waals surface area contributed by atoms with Gasteiger partial charge in [-0.15, -0.1) is 0 Å². The van der Waals surface area contributed by atoms with Crippen LogP contribution in [0.2, 0.25) is 0 Å². The molecular formula is C9H8N8O2. The average molecular weight is 260 g/mol. The number of aromatic amines is 1. The van der Waals surface area contributed by atoms with Crippen molar-refractivity contribution >= 4 is 17.2 Å². The van der Waals surface area contributed by atoms with Crippen LogP contribution >= 0.6 is 0 Å². The number of nitrogens with two attached hydrogens (primary N) is 2. The summed E-state index contributed by atoms with van der Waals surface area (Å²) in [6.07, 6.45) is 2.70. The summed E-state index contributed by atoms with van der Waals surface area (Å²) in [5.74, 6) is -0.376. The Labute approximate surface area is 104 Å². The maximum Gasteiger partial charge on any atom is 0.348 e. The van der Waals surface area contributed by atoms with Crippen molar-refractivity contribution in [3.05, 3.63) is 34.8 Å². The fourth-order valence-corrected chi connectivity index (χ4v) is 1.62. The number of nitrogens with zero attached hydrogens (tertiary/aromatic N) is 5. The number of nitrogens with one attached hydrogen (secondary N) is 1. The SMILES string of the molecule is NC(=O)c1nn(-c2cc3n[nH]c(=O)n3cn2)cc1N. The number of carbonyl (C=O) groups is 1. The second kappa shape index (κ2) is 3.66. The van der Waals surface area contributed by atoms with E-state index < -0.39 is 11.6 Å². The van der Waals surface area contributed by atoms with Gasteiger partial charge in [0, 0.05) is 6.07 Å². The van der Waals surface area contributed by atoms with Crippen LogP contribution in [0.5, 0.6) is 0 Å². The molecule has 10 heteroatoms. The van der Waals surface area contributed by atoms with Gasteiger partial charge in [-0.2, -0.15) is 10.2 Å². The molecule has 0 spiro atoms. The number of H-pyrrole nitrogens is 1. The summed E-state index contributed by atoms with van der Waals surface area (Å²) in [6.45, 7) is 0. The monoisotopic (exact) mass is 260 g/mol. The number of hydrogen-bond acceptors (Lipinski definition) is 6. The summed E-state index contributed by atoms with van der Waals surface area (Å²) in [5, 5.41) is 9.99. The number of anilines is 1. The molecule has 0 aromatic carbocycles. The molecule has 0 fully saturated rings. The van der Waals surface area contributed by atoms with Crippen molar-refractivity contribution in [1.82, 2.24) is 29.4 Å². The van der Waals surface area contributed by atoms with Crippen LogP contribution in [-0.2, 0) is 0 Å². The van der Waals surface area contributed by atoms with Gasteiger partial charge < -0.3 is 11.5 Å². The molecule has 0 unspecified atom stereocenters. The Bertz CT molecular complexity index is 841. The van der Waals surface area contributed by atoms with E-state index in [0.29, 0.717) is 11.5 Å². The number of nitrogen functional groups attached to an aromatic ring is 1. The fraction of sp³-hybridized carbons (Fsp3) is 0. The zero-order chi connectivity index (χ0) is 13.6. The molecule has 0 saturated carbocycles. The molecule has 0 aliphatic rings. The first-order valence-electron chi connectivity index (χ1n) is 5.14. The van der Waals surface area contributed by atoms with Gasteiger partial charge in [0.1, 0.15) is 6.33 Å². The minimum Gasteiger partial charge on any atom is -0.396 e. The van der Waals surface area contributed by atoms with Crippen LogP contribution in [0.3, 0.4) is 0 Å². The van der Waals surface area contributed by atoms with E-state index in [1.807, 2.05) is 0 Å². The van der Waals surface area contributed by atoms with Gasteiger partial charge in [-0.25, -0.2) is 24.0 Å². The molecule has 10 nitrogen and oxygen atoms in total. The summed E-state index contributed by atoms with van der Waals surface area (Å²) in [5.41, 5.74) is 10.8. The normalized spacial score (nSPS) is 10.9. The maximum absolute atomic E-state index is 11.3. The molecule has 0 aliphatic carbocycles. The summed E-state index contributed by atoms with van der Waals surface area (Å²) in [4.78, 5) is 26.4. The molecule has 96 valence electrons. The second-order valence-electron chi connectivity index (χ2n) is 3.75. The lowest BCUT2D eigenvalue weighted by atomic mass is 10.4. The minimum atomic E-state index is -0.728. The number of aromatic nitrogens is 6. The lowest BCUT2D eigenvalue weighted by Crippen LogP contribution is -2.14. The smallest absolute Gasteiger partial charge is 0.348 e. The summed E-state index contributed by atoms with van der Waals surface area (Å²) in [6, 6.07) is 1.51. The highest BCUT2D eigenvalue weighted by atomic mass is 16.2. The van der Waals surface area contributed by atoms with Gasteiger partial charge in [-0.1, -0.05) is 0 Å². The molecule has 3 aromatic rings. The van der Waals surface area contributed by atoms with Crippen LogP contribution < -0.4 is 17.2 Å². The van der Waals surface area contributed by atoms with E-state index in [2.05, 4.69) is 20.3 Å². The summed E-state index contributed by atoms with van der Waals surface area (Å²) >= 11 is 0. The van der Waals surface area contributed by atoms with Crippen molar-refractivity contribution in [3.8, 4) is 5.82 Å². The number of primary amides is 1. The largest absolute Gasteiger partial charge is 0.396 e. The predicted molar refractivity (Wildman–Crippen MR) is 63.7 cm³/mol. The Kier molecular flexibility index (Phi) is 2.11. The third-order valence-electron chi connectivity index (χ3n) is 2.51. The van der Waals surface area contributed by atoms with Gasteiger partial charge >= 0.3 is 5.69 Å². The molecule has 19 heavy (non-hydrogen) atoms. The van der Waals surface area contributed by atoms with Crippen molar-refractivity contribution in [2.45, 2.75) is 0 Å². The fourth-order valence-electron chi connectivity index (χ4n) is 1.62. The van der Waals surface area contributed by atoms with E-state index in [1.54, 1.807) is 0 Å². The third kappa shape index (κ3) is 1.62. The highest BCUT2D eigenvalue weighted by molar-refractivity contribution is 5.95. The first kappa shape index (κ1) is 11.0. The van der Waals surface area contributed by atoms with Crippen LogP contribution in [0, 0.1) is 0 Å². The number of hydrogen-bond donors (Lipinski definition) is 3. The van der Waals surface area contributed by atoms with Crippen molar-refractivity contribution in [1.29, 1.82) is 0 Å². The van der Waals surface area contributed by atoms with Gasteiger partial charge in [0.25, 0.3) is 5.91 Å². The summed E-state index contributed by atoms with van der Waals surface area (Å²) in [7, 11) is 0. The molecule has 3 aromatic heterocycles. The van der Waals surface area contributed by atoms with Crippen molar-refractivity contribution in [2.75, 3.05) is 5.73 Å². The van der Waals surface area contributed by atoms with Gasteiger partial charge in [0.2, 0.25) is 0 Å². The van der Waals surface area contributed by atoms with Crippen molar-refractivity contribution in [2.24, 2.45) is 5.73 Å². The van der Waals surface area contributed by atoms with Gasteiger partial charge in [0.05, 0.1) is 11.9 Å². The quantitative estimate of drug-likeness (QED) is 0.499. The van der Waals surface area contributed by atoms with Crippen molar-refractivity contribution < 1.29 is 4.79 Å². The predicted octanol–water partition coefficient (Wildman–Crippen LogP) is -1.72. The molecule has 0 atom stereocenters. The van der Waals surface area contributed by atoms with E-state index in [4.69, 9.17) is 11.5 Å². The molecular weight excluding hydrogens is 252 g/mol. The lowest BCUT2D eigenvalue weighted by molar-refractivity contribution is 0.0996. The van der Waals surface area contributed by atoms with Crippen LogP contribution in [0.1, 0.15) is 10.5 Å². The van der Waals surface area contributed by atoms with Gasteiger partial charge in [0.15, 0.2) is 17.2 Å². The van der Waals surface area contributed by atoms with Crippen LogP contribution in [0.25, 0.3) is 11.5 Å². The molecule has 3 rings (SSSR count). The Morgan fingerprint density at radius 2 is 2.21 bits per heavy atom. The molecule has 5 N–H and O–H groups in total.